The van der Waals surface area contributed by atoms with E-state index in [2.05, 4.69) is 59.8 Å². The highest BCUT2D eigenvalue weighted by Gasteiger charge is 2.12. The van der Waals surface area contributed by atoms with Crippen LogP contribution in [-0.2, 0) is 11.2 Å². The first-order valence-corrected chi connectivity index (χ1v) is 8.77. The van der Waals surface area contributed by atoms with Crippen LogP contribution in [0.2, 0.25) is 0 Å². The molecule has 0 bridgehead atoms. The lowest BCUT2D eigenvalue weighted by Crippen LogP contribution is -2.07. The molecule has 0 aromatic heterocycles. The molecule has 0 atom stereocenters. The first kappa shape index (κ1) is 16.4. The Hall–Kier alpha value is -1.01. The number of rotatable bonds is 5. The van der Waals surface area contributed by atoms with Gasteiger partial charge in [0.1, 0.15) is 0 Å². The Morgan fingerprint density at radius 3 is 2.38 bits per heavy atom. The summed E-state index contributed by atoms with van der Waals surface area (Å²) in [6.45, 7) is 4.28. The van der Waals surface area contributed by atoms with E-state index in [1.165, 1.54) is 8.47 Å². The van der Waals surface area contributed by atoms with Crippen molar-refractivity contribution in [2.75, 3.05) is 6.61 Å². The molecular weight excluding hydrogens is 395 g/mol. The van der Waals surface area contributed by atoms with Crippen LogP contribution in [0.1, 0.15) is 29.8 Å². The van der Waals surface area contributed by atoms with Gasteiger partial charge in [-0.2, -0.15) is 0 Å². The smallest absolute Gasteiger partial charge is 0.338 e. The van der Waals surface area contributed by atoms with Crippen LogP contribution in [0.3, 0.4) is 0 Å². The zero-order valence-electron chi connectivity index (χ0n) is 12.1. The average molecular weight is 412 g/mol. The fourth-order valence-electron chi connectivity index (χ4n) is 1.97. The maximum atomic E-state index is 11.9. The molecular formula is C17H17IO2S. The third kappa shape index (κ3) is 4.48. The van der Waals surface area contributed by atoms with Crippen LogP contribution < -0.4 is 0 Å². The van der Waals surface area contributed by atoms with Gasteiger partial charge >= 0.3 is 5.97 Å². The van der Waals surface area contributed by atoms with Gasteiger partial charge in [-0.1, -0.05) is 18.7 Å². The van der Waals surface area contributed by atoms with Gasteiger partial charge in [0.2, 0.25) is 0 Å². The van der Waals surface area contributed by atoms with Gasteiger partial charge in [0.05, 0.1) is 12.2 Å². The van der Waals surface area contributed by atoms with E-state index in [1.54, 1.807) is 11.8 Å². The minimum Gasteiger partial charge on any atom is -0.462 e. The van der Waals surface area contributed by atoms with E-state index in [-0.39, 0.29) is 5.97 Å². The monoisotopic (exact) mass is 412 g/mol. The van der Waals surface area contributed by atoms with Crippen LogP contribution in [0.15, 0.2) is 52.3 Å². The van der Waals surface area contributed by atoms with Gasteiger partial charge in [0, 0.05) is 13.4 Å². The van der Waals surface area contributed by atoms with Crippen LogP contribution in [0.5, 0.6) is 0 Å². The SMILES string of the molecule is CCOC(=O)c1ccc(Sc2ccc(I)cc2)cc1CC. The summed E-state index contributed by atoms with van der Waals surface area (Å²) in [6.07, 6.45) is 0.815. The number of halogens is 1. The van der Waals surface area contributed by atoms with Crippen molar-refractivity contribution in [1.29, 1.82) is 0 Å². The number of hydrogen-bond donors (Lipinski definition) is 0. The Labute approximate surface area is 143 Å². The summed E-state index contributed by atoms with van der Waals surface area (Å²) in [5, 5.41) is 0. The van der Waals surface area contributed by atoms with E-state index in [1.807, 2.05) is 19.1 Å². The van der Waals surface area contributed by atoms with E-state index in [4.69, 9.17) is 4.74 Å². The lowest BCUT2D eigenvalue weighted by atomic mass is 10.1. The van der Waals surface area contributed by atoms with Crippen LogP contribution in [-0.4, -0.2) is 12.6 Å². The summed E-state index contributed by atoms with van der Waals surface area (Å²) in [5.41, 5.74) is 1.70. The summed E-state index contributed by atoms with van der Waals surface area (Å²) in [5.74, 6) is -0.236. The molecule has 0 unspecified atom stereocenters. The second kappa shape index (κ2) is 7.84. The lowest BCUT2D eigenvalue weighted by Gasteiger charge is -2.09. The van der Waals surface area contributed by atoms with Gasteiger partial charge in [-0.15, -0.1) is 0 Å². The summed E-state index contributed by atoms with van der Waals surface area (Å²) >= 11 is 4.00. The second-order valence-electron chi connectivity index (χ2n) is 4.45. The Morgan fingerprint density at radius 1 is 1.10 bits per heavy atom. The molecule has 0 aliphatic rings. The molecule has 0 radical (unpaired) electrons. The predicted octanol–water partition coefficient (Wildman–Crippen LogP) is 5.18. The molecule has 0 saturated carbocycles. The predicted molar refractivity (Wildman–Crippen MR) is 95.1 cm³/mol. The molecule has 0 amide bonds. The molecule has 0 fully saturated rings. The maximum absolute atomic E-state index is 11.9. The highest BCUT2D eigenvalue weighted by atomic mass is 127. The van der Waals surface area contributed by atoms with Gasteiger partial charge in [-0.05, 0) is 84.0 Å². The van der Waals surface area contributed by atoms with Crippen molar-refractivity contribution in [3.8, 4) is 0 Å². The topological polar surface area (TPSA) is 26.3 Å². The third-order valence-electron chi connectivity index (χ3n) is 3.00. The molecule has 0 aliphatic carbocycles. The maximum Gasteiger partial charge on any atom is 0.338 e. The molecule has 2 aromatic rings. The number of carbonyl (C=O) groups excluding carboxylic acids is 1. The van der Waals surface area contributed by atoms with Crippen molar-refractivity contribution >= 4 is 40.3 Å². The van der Waals surface area contributed by atoms with E-state index < -0.39 is 0 Å². The number of carbonyl (C=O) groups is 1. The Morgan fingerprint density at radius 2 is 1.76 bits per heavy atom. The Bertz CT molecular complexity index is 623. The van der Waals surface area contributed by atoms with Gasteiger partial charge in [-0.3, -0.25) is 0 Å². The third-order valence-corrected chi connectivity index (χ3v) is 4.72. The molecule has 0 spiro atoms. The van der Waals surface area contributed by atoms with Crippen molar-refractivity contribution in [2.45, 2.75) is 30.1 Å². The van der Waals surface area contributed by atoms with Gasteiger partial charge in [0.15, 0.2) is 0 Å². The second-order valence-corrected chi connectivity index (χ2v) is 6.84. The fraction of sp³-hybridized carbons (Fsp3) is 0.235. The summed E-state index contributed by atoms with van der Waals surface area (Å²) < 4.78 is 6.32. The molecule has 2 aromatic carbocycles. The van der Waals surface area contributed by atoms with E-state index >= 15 is 0 Å². The number of ether oxygens (including phenoxy) is 1. The Kier molecular flexibility index (Phi) is 6.11. The minimum atomic E-state index is -0.236. The fourth-order valence-corrected chi connectivity index (χ4v) is 3.21. The quantitative estimate of drug-likeness (QED) is 0.500. The van der Waals surface area contributed by atoms with Crippen molar-refractivity contribution in [2.24, 2.45) is 0 Å². The number of hydrogen-bond acceptors (Lipinski definition) is 3. The first-order valence-electron chi connectivity index (χ1n) is 6.87. The van der Waals surface area contributed by atoms with Crippen molar-refractivity contribution in [3.63, 3.8) is 0 Å². The van der Waals surface area contributed by atoms with Crippen molar-refractivity contribution in [1.82, 2.24) is 0 Å². The van der Waals surface area contributed by atoms with Crippen LogP contribution in [0, 0.1) is 3.57 Å². The summed E-state index contributed by atoms with van der Waals surface area (Å²) in [6, 6.07) is 14.3. The summed E-state index contributed by atoms with van der Waals surface area (Å²) in [7, 11) is 0. The Balaban J connectivity index is 2.22. The summed E-state index contributed by atoms with van der Waals surface area (Å²) in [4.78, 5) is 14.2. The molecule has 0 heterocycles. The highest BCUT2D eigenvalue weighted by Crippen LogP contribution is 2.30. The molecule has 0 N–H and O–H groups in total. The molecule has 0 aliphatic heterocycles. The first-order chi connectivity index (χ1) is 10.1. The highest BCUT2D eigenvalue weighted by molar-refractivity contribution is 14.1. The number of aryl methyl sites for hydroxylation is 1. The molecule has 2 rings (SSSR count). The average Bonchev–Trinajstić information content (AvgIpc) is 2.49. The molecule has 4 heteroatoms. The molecule has 21 heavy (non-hydrogen) atoms. The standard InChI is InChI=1S/C17H17IO2S/c1-3-12-11-15(9-10-16(12)17(19)20-4-2)21-14-7-5-13(18)6-8-14/h5-11H,3-4H2,1-2H3. The van der Waals surface area contributed by atoms with Gasteiger partial charge in [-0.25, -0.2) is 4.79 Å². The molecule has 110 valence electrons. The van der Waals surface area contributed by atoms with Gasteiger partial charge < -0.3 is 4.74 Å². The van der Waals surface area contributed by atoms with Crippen LogP contribution in [0.25, 0.3) is 0 Å². The minimum absolute atomic E-state index is 0.236. The number of esters is 1. The van der Waals surface area contributed by atoms with E-state index in [0.29, 0.717) is 12.2 Å². The zero-order chi connectivity index (χ0) is 15.2. The lowest BCUT2D eigenvalue weighted by molar-refractivity contribution is 0.0525. The zero-order valence-corrected chi connectivity index (χ0v) is 15.0. The molecule has 0 saturated heterocycles. The van der Waals surface area contributed by atoms with Gasteiger partial charge in [0.25, 0.3) is 0 Å². The van der Waals surface area contributed by atoms with Crippen LogP contribution >= 0.6 is 34.4 Å². The molecule has 2 nitrogen and oxygen atoms in total. The normalized spacial score (nSPS) is 10.4. The van der Waals surface area contributed by atoms with Crippen molar-refractivity contribution < 1.29 is 9.53 Å². The van der Waals surface area contributed by atoms with E-state index in [0.717, 1.165) is 16.9 Å². The van der Waals surface area contributed by atoms with Crippen molar-refractivity contribution in [3.05, 3.63) is 57.2 Å². The van der Waals surface area contributed by atoms with E-state index in [9.17, 15) is 4.79 Å². The van der Waals surface area contributed by atoms with Crippen LogP contribution in [0.4, 0.5) is 0 Å². The number of benzene rings is 2. The largest absolute Gasteiger partial charge is 0.462 e.